The summed E-state index contributed by atoms with van der Waals surface area (Å²) in [5, 5.41) is 0. The predicted molar refractivity (Wildman–Crippen MR) is 119 cm³/mol. The fourth-order valence-corrected chi connectivity index (χ4v) is 4.66. The second kappa shape index (κ2) is 7.65. The summed E-state index contributed by atoms with van der Waals surface area (Å²) >= 11 is 0. The van der Waals surface area contributed by atoms with Crippen LogP contribution in [0, 0.1) is 0 Å². The number of methoxy groups -OCH3 is 1. The molecule has 1 saturated heterocycles. The van der Waals surface area contributed by atoms with Gasteiger partial charge in [0.2, 0.25) is 0 Å². The Hall–Kier alpha value is -3.06. The molecule has 2 amide bonds. The van der Waals surface area contributed by atoms with Gasteiger partial charge in [0, 0.05) is 45.3 Å². The van der Waals surface area contributed by atoms with E-state index in [1.165, 1.54) is 0 Å². The first-order chi connectivity index (χ1) is 14.7. The van der Waals surface area contributed by atoms with E-state index in [1.54, 1.807) is 12.0 Å². The number of rotatable bonds is 4. The molecule has 0 saturated carbocycles. The molecule has 3 aliphatic heterocycles. The number of piperazine rings is 1. The van der Waals surface area contributed by atoms with Crippen LogP contribution < -0.4 is 14.5 Å². The van der Waals surface area contributed by atoms with Gasteiger partial charge in [-0.25, -0.2) is 4.79 Å². The van der Waals surface area contributed by atoms with Gasteiger partial charge in [-0.05, 0) is 24.3 Å². The Kier molecular flexibility index (Phi) is 4.83. The van der Waals surface area contributed by atoms with E-state index >= 15 is 0 Å². The monoisotopic (exact) mass is 405 g/mol. The molecule has 3 aliphatic rings. The molecular weight excluding hydrogens is 378 g/mol. The third-order valence-corrected chi connectivity index (χ3v) is 6.25. The molecular formula is C23H27N5O2. The fourth-order valence-electron chi connectivity index (χ4n) is 4.66. The van der Waals surface area contributed by atoms with Gasteiger partial charge in [-0.3, -0.25) is 19.7 Å². The van der Waals surface area contributed by atoms with Gasteiger partial charge in [0.15, 0.2) is 0 Å². The molecule has 0 radical (unpaired) electrons. The number of hydrogen-bond acceptors (Lipinski definition) is 5. The third kappa shape index (κ3) is 3.19. The highest BCUT2D eigenvalue weighted by atomic mass is 16.5. The maximum Gasteiger partial charge on any atom is 0.329 e. The number of benzene rings is 2. The largest absolute Gasteiger partial charge is 0.495 e. The molecule has 7 nitrogen and oxygen atoms in total. The number of anilines is 2. The minimum absolute atomic E-state index is 0.0101. The van der Waals surface area contributed by atoms with Crippen LogP contribution in [0.4, 0.5) is 16.2 Å². The first-order valence-corrected chi connectivity index (χ1v) is 10.5. The van der Waals surface area contributed by atoms with Gasteiger partial charge in [0.25, 0.3) is 0 Å². The average molecular weight is 406 g/mol. The number of amides is 2. The zero-order chi connectivity index (χ0) is 20.7. The van der Waals surface area contributed by atoms with Gasteiger partial charge in [0.1, 0.15) is 11.6 Å². The summed E-state index contributed by atoms with van der Waals surface area (Å²) in [6.07, 6.45) is 0. The number of amidine groups is 1. The zero-order valence-corrected chi connectivity index (χ0v) is 17.5. The number of nitrogens with zero attached hydrogens (tertiary/aromatic N) is 5. The van der Waals surface area contributed by atoms with Crippen LogP contribution in [0.25, 0.3) is 0 Å². The Morgan fingerprint density at radius 3 is 2.47 bits per heavy atom. The minimum atomic E-state index is 0.0101. The molecule has 0 aliphatic carbocycles. The lowest BCUT2D eigenvalue weighted by Gasteiger charge is -2.37. The van der Waals surface area contributed by atoms with Crippen LogP contribution in [0.15, 0.2) is 53.5 Å². The standard InChI is InChI=1S/C23H27N5O2/c1-25-19-8-4-3-7-18(19)22-24-17(16-28(22)23(25)29)15-26-11-13-27(14-12-26)20-9-5-6-10-21(20)30-2/h3-10,17H,11-16H2,1-2H3/t17-/m0/s1. The Labute approximate surface area is 177 Å². The summed E-state index contributed by atoms with van der Waals surface area (Å²) < 4.78 is 5.52. The number of para-hydroxylation sites is 3. The summed E-state index contributed by atoms with van der Waals surface area (Å²) in [4.78, 5) is 26.2. The summed E-state index contributed by atoms with van der Waals surface area (Å²) in [5.41, 5.74) is 3.13. The van der Waals surface area contributed by atoms with E-state index < -0.39 is 0 Å². The number of carbonyl (C=O) groups excluding carboxylic acids is 1. The van der Waals surface area contributed by atoms with Gasteiger partial charge in [-0.15, -0.1) is 0 Å². The second-order valence-corrected chi connectivity index (χ2v) is 8.04. The third-order valence-electron chi connectivity index (χ3n) is 6.25. The fraction of sp³-hybridized carbons (Fsp3) is 0.391. The normalized spacial score (nSPS) is 21.4. The van der Waals surface area contributed by atoms with Crippen molar-refractivity contribution in [1.29, 1.82) is 0 Å². The summed E-state index contributed by atoms with van der Waals surface area (Å²) in [7, 11) is 3.56. The van der Waals surface area contributed by atoms with Crippen molar-refractivity contribution in [3.8, 4) is 5.75 Å². The summed E-state index contributed by atoms with van der Waals surface area (Å²) in [6.45, 7) is 5.39. The van der Waals surface area contributed by atoms with E-state index in [0.29, 0.717) is 6.54 Å². The maximum absolute atomic E-state index is 12.8. The van der Waals surface area contributed by atoms with Crippen molar-refractivity contribution < 1.29 is 9.53 Å². The van der Waals surface area contributed by atoms with E-state index in [9.17, 15) is 4.79 Å². The molecule has 0 spiro atoms. The Morgan fingerprint density at radius 2 is 1.70 bits per heavy atom. The molecule has 156 valence electrons. The Balaban J connectivity index is 1.26. The molecule has 30 heavy (non-hydrogen) atoms. The molecule has 1 atom stereocenters. The van der Waals surface area contributed by atoms with Crippen LogP contribution in [-0.4, -0.2) is 81.1 Å². The quantitative estimate of drug-likeness (QED) is 0.784. The predicted octanol–water partition coefficient (Wildman–Crippen LogP) is 2.52. The van der Waals surface area contributed by atoms with E-state index in [-0.39, 0.29) is 12.1 Å². The van der Waals surface area contributed by atoms with Crippen LogP contribution in [0.5, 0.6) is 5.75 Å². The summed E-state index contributed by atoms with van der Waals surface area (Å²) in [6, 6.07) is 16.3. The van der Waals surface area contributed by atoms with Gasteiger partial charge in [0.05, 0.1) is 31.1 Å². The Morgan fingerprint density at radius 1 is 1.00 bits per heavy atom. The highest BCUT2D eigenvalue weighted by Crippen LogP contribution is 2.32. The van der Waals surface area contributed by atoms with Crippen molar-refractivity contribution in [3.63, 3.8) is 0 Å². The number of fused-ring (bicyclic) bond motifs is 3. The SMILES string of the molecule is COc1ccccc1N1CCN(C[C@H]2CN3C(=O)N(C)c4ccccc4C3=N2)CC1. The highest BCUT2D eigenvalue weighted by Gasteiger charge is 2.39. The van der Waals surface area contributed by atoms with Crippen LogP contribution in [0.1, 0.15) is 5.56 Å². The number of carbonyl (C=O) groups is 1. The number of urea groups is 1. The van der Waals surface area contributed by atoms with E-state index in [1.807, 2.05) is 42.3 Å². The van der Waals surface area contributed by atoms with Gasteiger partial charge < -0.3 is 9.64 Å². The van der Waals surface area contributed by atoms with Crippen molar-refractivity contribution in [2.75, 3.05) is 63.2 Å². The Bertz CT molecular complexity index is 983. The molecule has 2 aromatic carbocycles. The molecule has 0 unspecified atom stereocenters. The van der Waals surface area contributed by atoms with Crippen molar-refractivity contribution in [2.24, 2.45) is 4.99 Å². The second-order valence-electron chi connectivity index (χ2n) is 8.04. The number of ether oxygens (including phenoxy) is 1. The lowest BCUT2D eigenvalue weighted by atomic mass is 10.1. The molecule has 0 aromatic heterocycles. The van der Waals surface area contributed by atoms with Crippen molar-refractivity contribution in [1.82, 2.24) is 9.80 Å². The molecule has 0 bridgehead atoms. The number of hydrogen-bond donors (Lipinski definition) is 0. The van der Waals surface area contributed by atoms with Crippen molar-refractivity contribution in [2.45, 2.75) is 6.04 Å². The molecule has 0 N–H and O–H groups in total. The first kappa shape index (κ1) is 18.9. The van der Waals surface area contributed by atoms with Gasteiger partial charge >= 0.3 is 6.03 Å². The molecule has 5 rings (SSSR count). The molecule has 2 aromatic rings. The smallest absolute Gasteiger partial charge is 0.329 e. The van der Waals surface area contributed by atoms with Crippen molar-refractivity contribution >= 4 is 23.2 Å². The van der Waals surface area contributed by atoms with Gasteiger partial charge in [-0.2, -0.15) is 0 Å². The highest BCUT2D eigenvalue weighted by molar-refractivity contribution is 6.19. The molecule has 7 heteroatoms. The topological polar surface area (TPSA) is 51.6 Å². The number of aliphatic imine (C=N–C) groups is 1. The maximum atomic E-state index is 12.8. The van der Waals surface area contributed by atoms with E-state index in [4.69, 9.17) is 9.73 Å². The van der Waals surface area contributed by atoms with Crippen LogP contribution >= 0.6 is 0 Å². The van der Waals surface area contributed by atoms with Crippen LogP contribution in [-0.2, 0) is 0 Å². The lowest BCUT2D eigenvalue weighted by molar-refractivity contribution is 0.219. The first-order valence-electron chi connectivity index (χ1n) is 10.5. The zero-order valence-electron chi connectivity index (χ0n) is 17.5. The molecule has 3 heterocycles. The van der Waals surface area contributed by atoms with Crippen LogP contribution in [0.3, 0.4) is 0 Å². The summed E-state index contributed by atoms with van der Waals surface area (Å²) in [5.74, 6) is 1.75. The lowest BCUT2D eigenvalue weighted by Crippen LogP contribution is -2.50. The minimum Gasteiger partial charge on any atom is -0.495 e. The van der Waals surface area contributed by atoms with Gasteiger partial charge in [-0.1, -0.05) is 24.3 Å². The van der Waals surface area contributed by atoms with Crippen LogP contribution in [0.2, 0.25) is 0 Å². The van der Waals surface area contributed by atoms with Crippen molar-refractivity contribution in [3.05, 3.63) is 54.1 Å². The average Bonchev–Trinajstić information content (AvgIpc) is 3.22. The van der Waals surface area contributed by atoms with E-state index in [0.717, 1.165) is 61.2 Å². The van der Waals surface area contributed by atoms with E-state index in [2.05, 4.69) is 28.0 Å². The molecule has 1 fully saturated rings.